The van der Waals surface area contributed by atoms with Gasteiger partial charge in [0.1, 0.15) is 0 Å². The van der Waals surface area contributed by atoms with Crippen molar-refractivity contribution in [2.45, 2.75) is 44.7 Å². The maximum absolute atomic E-state index is 5.77. The monoisotopic (exact) mass is 275 g/mol. The molecule has 2 aromatic heterocycles. The zero-order chi connectivity index (χ0) is 12.8. The summed E-state index contributed by atoms with van der Waals surface area (Å²) in [5.74, 6) is 2.16. The highest BCUT2D eigenvalue weighted by Gasteiger charge is 2.30. The number of thiophene rings is 1. The Bertz CT molecular complexity index is 587. The van der Waals surface area contributed by atoms with E-state index < -0.39 is 0 Å². The summed E-state index contributed by atoms with van der Waals surface area (Å²) in [7, 11) is 0. The molecule has 0 bridgehead atoms. The van der Waals surface area contributed by atoms with Gasteiger partial charge in [0.05, 0.1) is 6.54 Å². The Labute approximate surface area is 116 Å². The van der Waals surface area contributed by atoms with Crippen LogP contribution in [-0.4, -0.2) is 21.6 Å². The molecule has 5 heteroatoms. The molecule has 0 spiro atoms. The number of hydrogen-bond donors (Lipinski definition) is 0. The molecule has 1 fully saturated rings. The largest absolute Gasteiger partial charge is 0.424 e. The van der Waals surface area contributed by atoms with Crippen LogP contribution in [0.1, 0.15) is 53.9 Å². The second kappa shape index (κ2) is 4.42. The lowest BCUT2D eigenvalue weighted by atomic mass is 10.0. The van der Waals surface area contributed by atoms with Crippen molar-refractivity contribution in [3.05, 3.63) is 33.7 Å². The number of aromatic nitrogens is 2. The maximum Gasteiger partial charge on any atom is 0.230 e. The van der Waals surface area contributed by atoms with Gasteiger partial charge in [-0.05, 0) is 43.2 Å². The van der Waals surface area contributed by atoms with Crippen LogP contribution in [-0.2, 0) is 13.0 Å². The van der Waals surface area contributed by atoms with E-state index in [0.717, 1.165) is 31.3 Å². The van der Waals surface area contributed by atoms with E-state index in [4.69, 9.17) is 4.42 Å². The average Bonchev–Trinajstić information content (AvgIpc) is 2.98. The van der Waals surface area contributed by atoms with Crippen LogP contribution in [0.3, 0.4) is 0 Å². The summed E-state index contributed by atoms with van der Waals surface area (Å²) in [5.41, 5.74) is 1.47. The molecule has 2 aliphatic rings. The van der Waals surface area contributed by atoms with Crippen molar-refractivity contribution >= 4 is 11.3 Å². The standard InChI is InChI=1S/C14H17N3OS/c1-9-11-5-7-19-12(11)4-6-17(9)8-13-15-16-14(18-13)10-2-3-10/h5,7,9-10H,2-4,6,8H2,1H3/t9-/m0/s1. The fourth-order valence-corrected chi connectivity index (χ4v) is 3.74. The van der Waals surface area contributed by atoms with Gasteiger partial charge in [-0.25, -0.2) is 0 Å². The molecule has 1 atom stereocenters. The minimum absolute atomic E-state index is 0.450. The third-order valence-electron chi connectivity index (χ3n) is 4.15. The fourth-order valence-electron chi connectivity index (χ4n) is 2.78. The lowest BCUT2D eigenvalue weighted by molar-refractivity contribution is 0.172. The Hall–Kier alpha value is -1.20. The van der Waals surface area contributed by atoms with Crippen LogP contribution in [0.2, 0.25) is 0 Å². The van der Waals surface area contributed by atoms with Gasteiger partial charge >= 0.3 is 0 Å². The predicted octanol–water partition coefficient (Wildman–Crippen LogP) is 3.13. The van der Waals surface area contributed by atoms with E-state index in [0.29, 0.717) is 12.0 Å². The summed E-state index contributed by atoms with van der Waals surface area (Å²) >= 11 is 1.88. The van der Waals surface area contributed by atoms with E-state index in [1.807, 2.05) is 11.3 Å². The molecule has 1 aliphatic carbocycles. The van der Waals surface area contributed by atoms with Gasteiger partial charge in [0.25, 0.3) is 0 Å². The molecule has 19 heavy (non-hydrogen) atoms. The van der Waals surface area contributed by atoms with Gasteiger partial charge in [-0.2, -0.15) is 0 Å². The molecule has 100 valence electrons. The fraction of sp³-hybridized carbons (Fsp3) is 0.571. The maximum atomic E-state index is 5.77. The van der Waals surface area contributed by atoms with E-state index in [2.05, 4.69) is 33.5 Å². The third-order valence-corrected chi connectivity index (χ3v) is 5.15. The van der Waals surface area contributed by atoms with Crippen LogP contribution < -0.4 is 0 Å². The van der Waals surface area contributed by atoms with E-state index in [-0.39, 0.29) is 0 Å². The van der Waals surface area contributed by atoms with Gasteiger partial charge in [-0.3, -0.25) is 4.90 Å². The topological polar surface area (TPSA) is 42.2 Å². The van der Waals surface area contributed by atoms with Gasteiger partial charge in [-0.15, -0.1) is 21.5 Å². The highest BCUT2D eigenvalue weighted by molar-refractivity contribution is 7.10. The van der Waals surface area contributed by atoms with Crippen LogP contribution in [0.5, 0.6) is 0 Å². The molecule has 2 aromatic rings. The second-order valence-corrected chi connectivity index (χ2v) is 6.50. The summed E-state index contributed by atoms with van der Waals surface area (Å²) in [4.78, 5) is 3.96. The molecule has 4 rings (SSSR count). The van der Waals surface area contributed by atoms with Crippen molar-refractivity contribution in [2.75, 3.05) is 6.54 Å². The Morgan fingerprint density at radius 2 is 2.32 bits per heavy atom. The molecular weight excluding hydrogens is 258 g/mol. The average molecular weight is 275 g/mol. The molecule has 0 N–H and O–H groups in total. The van der Waals surface area contributed by atoms with Gasteiger partial charge < -0.3 is 4.42 Å². The molecule has 1 aliphatic heterocycles. The number of fused-ring (bicyclic) bond motifs is 1. The Morgan fingerprint density at radius 1 is 1.42 bits per heavy atom. The predicted molar refractivity (Wildman–Crippen MR) is 73.1 cm³/mol. The Morgan fingerprint density at radius 3 is 3.16 bits per heavy atom. The van der Waals surface area contributed by atoms with Crippen LogP contribution in [0.15, 0.2) is 15.9 Å². The minimum atomic E-state index is 0.450. The zero-order valence-electron chi connectivity index (χ0n) is 11.0. The summed E-state index contributed by atoms with van der Waals surface area (Å²) < 4.78 is 5.77. The van der Waals surface area contributed by atoms with Crippen molar-refractivity contribution < 1.29 is 4.42 Å². The number of nitrogens with zero attached hydrogens (tertiary/aromatic N) is 3. The normalized spacial score (nSPS) is 23.5. The first kappa shape index (κ1) is 11.6. The van der Waals surface area contributed by atoms with E-state index in [9.17, 15) is 0 Å². The van der Waals surface area contributed by atoms with E-state index in [1.165, 1.54) is 23.3 Å². The molecular formula is C14H17N3OS. The van der Waals surface area contributed by atoms with Crippen LogP contribution in [0, 0.1) is 0 Å². The Balaban J connectivity index is 1.50. The van der Waals surface area contributed by atoms with Gasteiger partial charge in [-0.1, -0.05) is 0 Å². The van der Waals surface area contributed by atoms with Crippen molar-refractivity contribution in [2.24, 2.45) is 0 Å². The molecule has 3 heterocycles. The van der Waals surface area contributed by atoms with Crippen LogP contribution in [0.4, 0.5) is 0 Å². The minimum Gasteiger partial charge on any atom is -0.424 e. The van der Waals surface area contributed by atoms with Crippen molar-refractivity contribution in [1.29, 1.82) is 0 Å². The van der Waals surface area contributed by atoms with Crippen molar-refractivity contribution in [3.63, 3.8) is 0 Å². The summed E-state index contributed by atoms with van der Waals surface area (Å²) in [5, 5.41) is 10.6. The first-order valence-corrected chi connectivity index (χ1v) is 7.82. The van der Waals surface area contributed by atoms with E-state index >= 15 is 0 Å². The molecule has 1 saturated carbocycles. The molecule has 0 unspecified atom stereocenters. The van der Waals surface area contributed by atoms with Crippen LogP contribution >= 0.6 is 11.3 Å². The van der Waals surface area contributed by atoms with E-state index in [1.54, 1.807) is 0 Å². The van der Waals surface area contributed by atoms with Crippen molar-refractivity contribution in [3.8, 4) is 0 Å². The number of hydrogen-bond acceptors (Lipinski definition) is 5. The summed E-state index contributed by atoms with van der Waals surface area (Å²) in [6, 6.07) is 2.70. The Kier molecular flexibility index (Phi) is 2.70. The van der Waals surface area contributed by atoms with Gasteiger partial charge in [0, 0.05) is 23.4 Å². The lowest BCUT2D eigenvalue weighted by Crippen LogP contribution is -2.32. The molecule has 0 saturated heterocycles. The third kappa shape index (κ3) is 2.11. The first-order valence-electron chi connectivity index (χ1n) is 6.94. The van der Waals surface area contributed by atoms with Gasteiger partial charge in [0.2, 0.25) is 11.8 Å². The summed E-state index contributed by atoms with van der Waals surface area (Å²) in [6.45, 7) is 4.12. The molecule has 4 nitrogen and oxygen atoms in total. The quantitative estimate of drug-likeness (QED) is 0.863. The molecule has 0 radical (unpaired) electrons. The molecule has 0 amide bonds. The number of rotatable bonds is 3. The zero-order valence-corrected chi connectivity index (χ0v) is 11.8. The van der Waals surface area contributed by atoms with Crippen LogP contribution in [0.25, 0.3) is 0 Å². The highest BCUT2D eigenvalue weighted by Crippen LogP contribution is 2.39. The lowest BCUT2D eigenvalue weighted by Gasteiger charge is -2.32. The first-order chi connectivity index (χ1) is 9.31. The second-order valence-electron chi connectivity index (χ2n) is 5.50. The summed E-state index contributed by atoms with van der Waals surface area (Å²) in [6.07, 6.45) is 3.56. The SMILES string of the molecule is C[C@H]1c2ccsc2CCN1Cc1nnc(C2CC2)o1. The van der Waals surface area contributed by atoms with Crippen molar-refractivity contribution in [1.82, 2.24) is 15.1 Å². The molecule has 0 aromatic carbocycles. The smallest absolute Gasteiger partial charge is 0.230 e. The highest BCUT2D eigenvalue weighted by atomic mass is 32.1. The van der Waals surface area contributed by atoms with Gasteiger partial charge in [0.15, 0.2) is 0 Å².